The number of carbonyl (C=O) groups is 6. The lowest BCUT2D eigenvalue weighted by Gasteiger charge is -2.49. The predicted octanol–water partition coefficient (Wildman–Crippen LogP) is 1.74. The molecule has 0 unspecified atom stereocenters. The van der Waals surface area contributed by atoms with E-state index >= 15 is 4.79 Å². The third-order valence-corrected chi connectivity index (χ3v) is 12.9. The highest BCUT2D eigenvalue weighted by molar-refractivity contribution is 5.96. The number of aliphatic hydroxyl groups excluding tert-OH is 2. The predicted molar refractivity (Wildman–Crippen MR) is 225 cm³/mol. The molecule has 18 nitrogen and oxygen atoms in total. The van der Waals surface area contributed by atoms with Gasteiger partial charge in [-0.05, 0) is 62.4 Å². The summed E-state index contributed by atoms with van der Waals surface area (Å²) in [7, 11) is 0. The number of ether oxygens (including phenoxy) is 6. The topological polar surface area (TPSA) is 235 Å². The summed E-state index contributed by atoms with van der Waals surface area (Å²) >= 11 is 0. The Morgan fingerprint density at radius 3 is 2.34 bits per heavy atom. The van der Waals surface area contributed by atoms with Crippen LogP contribution in [0.2, 0.25) is 0 Å². The number of esters is 4. The molecule has 0 radical (unpaired) electrons. The Hall–Kier alpha value is -5.24. The van der Waals surface area contributed by atoms with Crippen molar-refractivity contribution in [1.82, 2.24) is 15.7 Å². The fourth-order valence-electron chi connectivity index (χ4n) is 9.85. The van der Waals surface area contributed by atoms with Crippen LogP contribution in [-0.4, -0.2) is 130 Å². The van der Waals surface area contributed by atoms with Crippen molar-refractivity contribution in [3.63, 3.8) is 0 Å². The number of rotatable bonds is 14. The first-order valence-electron chi connectivity index (χ1n) is 22.0. The second-order valence-electron chi connectivity index (χ2n) is 19.6. The van der Waals surface area contributed by atoms with Crippen molar-refractivity contribution < 1.29 is 72.2 Å². The number of fused-ring (bicyclic) bond motifs is 5. The maximum atomic E-state index is 15.1. The van der Waals surface area contributed by atoms with Gasteiger partial charge in [0.1, 0.15) is 48.1 Å². The monoisotopic (exact) mass is 903 g/mol. The summed E-state index contributed by atoms with van der Waals surface area (Å²) in [5, 5.41) is 27.8. The lowest BCUT2D eigenvalue weighted by atomic mass is 9.62. The van der Waals surface area contributed by atoms with E-state index in [1.165, 1.54) is 24.1 Å². The molecular formula is C47H57N3O15. The van der Waals surface area contributed by atoms with Crippen LogP contribution in [0.3, 0.4) is 0 Å². The van der Waals surface area contributed by atoms with Crippen molar-refractivity contribution in [3.05, 3.63) is 76.9 Å². The van der Waals surface area contributed by atoms with Crippen molar-refractivity contribution >= 4 is 41.8 Å². The zero-order chi connectivity index (χ0) is 46.6. The van der Waals surface area contributed by atoms with Gasteiger partial charge in [-0.2, -0.15) is 5.06 Å². The van der Waals surface area contributed by atoms with Gasteiger partial charge in [-0.3, -0.25) is 24.0 Å². The van der Waals surface area contributed by atoms with E-state index in [9.17, 15) is 34.2 Å². The third kappa shape index (κ3) is 9.16. The Balaban J connectivity index is 1.05. The van der Waals surface area contributed by atoms with Gasteiger partial charge in [0.25, 0.3) is 0 Å². The lowest BCUT2D eigenvalue weighted by molar-refractivity contribution is -0.217. The van der Waals surface area contributed by atoms with Gasteiger partial charge >= 0.3 is 23.9 Å². The fraction of sp³-hybridized carbons (Fsp3) is 0.574. The van der Waals surface area contributed by atoms with E-state index in [2.05, 4.69) is 10.6 Å². The number of nitrogens with zero attached hydrogens (tertiary/aromatic N) is 1. The number of cyclic esters (lactones) is 1. The molecule has 8 rings (SSSR count). The number of hydrogen-bond acceptors (Lipinski definition) is 16. The van der Waals surface area contributed by atoms with Crippen LogP contribution in [0.4, 0.5) is 0 Å². The van der Waals surface area contributed by atoms with Crippen LogP contribution in [0.5, 0.6) is 0 Å². The number of aliphatic hydroxyl groups is 2. The number of carbonyl (C=O) groups excluding carboxylic acids is 6. The highest BCUT2D eigenvalue weighted by atomic mass is 16.8. The maximum absolute atomic E-state index is 15.1. The number of amides is 2. The average Bonchev–Trinajstić information content (AvgIpc) is 3.97. The highest BCUT2D eigenvalue weighted by Crippen LogP contribution is 2.58. The van der Waals surface area contributed by atoms with Crippen LogP contribution in [0.15, 0.2) is 54.6 Å². The van der Waals surface area contributed by atoms with Gasteiger partial charge in [-0.1, -0.05) is 62.4 Å². The summed E-state index contributed by atoms with van der Waals surface area (Å²) in [6.07, 6.45) is -2.91. The molecule has 5 fully saturated rings. The molecule has 2 aromatic carbocycles. The Morgan fingerprint density at radius 2 is 1.69 bits per heavy atom. The number of hydroxylamine groups is 2. The molecule has 4 saturated heterocycles. The molecule has 1 spiro atoms. The molecule has 65 heavy (non-hydrogen) atoms. The Morgan fingerprint density at radius 1 is 0.985 bits per heavy atom. The summed E-state index contributed by atoms with van der Waals surface area (Å²) in [6, 6.07) is 11.0. The minimum atomic E-state index is -1.72. The maximum Gasteiger partial charge on any atom is 0.348 e. The van der Waals surface area contributed by atoms with E-state index in [1.807, 2.05) is 24.3 Å². The summed E-state index contributed by atoms with van der Waals surface area (Å²) in [5.41, 5.74) is 0.136. The highest BCUT2D eigenvalue weighted by Gasteiger charge is 2.76. The van der Waals surface area contributed by atoms with Crippen LogP contribution < -0.4 is 10.6 Å². The van der Waals surface area contributed by atoms with E-state index < -0.39 is 119 Å². The van der Waals surface area contributed by atoms with Crippen molar-refractivity contribution in [2.24, 2.45) is 10.8 Å². The first-order valence-corrected chi connectivity index (χ1v) is 22.0. The molecule has 2 bridgehead atoms. The molecule has 2 aromatic rings. The summed E-state index contributed by atoms with van der Waals surface area (Å²) in [5.74, 6) is -5.35. The minimum absolute atomic E-state index is 0.0182. The van der Waals surface area contributed by atoms with E-state index in [0.29, 0.717) is 24.0 Å². The van der Waals surface area contributed by atoms with Crippen molar-refractivity contribution in [3.8, 4) is 0 Å². The van der Waals surface area contributed by atoms with Crippen LogP contribution >= 0.6 is 0 Å². The lowest BCUT2D eigenvalue weighted by Crippen LogP contribution is -2.71. The molecule has 6 aliphatic rings. The van der Waals surface area contributed by atoms with Gasteiger partial charge in [-0.25, -0.2) is 9.59 Å². The van der Waals surface area contributed by atoms with Crippen LogP contribution in [0.25, 0.3) is 6.08 Å². The van der Waals surface area contributed by atoms with Gasteiger partial charge in [0.2, 0.25) is 17.9 Å². The zero-order valence-corrected chi connectivity index (χ0v) is 37.3. The van der Waals surface area contributed by atoms with E-state index in [1.54, 1.807) is 58.9 Å². The first-order chi connectivity index (χ1) is 30.7. The van der Waals surface area contributed by atoms with Gasteiger partial charge < -0.3 is 49.3 Å². The van der Waals surface area contributed by atoms with Crippen molar-refractivity contribution in [2.45, 2.75) is 146 Å². The summed E-state index contributed by atoms with van der Waals surface area (Å²) in [6.45, 7) is 9.56. The van der Waals surface area contributed by atoms with E-state index in [4.69, 9.17) is 33.3 Å². The molecule has 350 valence electrons. The molecule has 4 heterocycles. The third-order valence-electron chi connectivity index (χ3n) is 12.9. The van der Waals surface area contributed by atoms with Crippen LogP contribution in [0, 0.1) is 10.8 Å². The quantitative estimate of drug-likeness (QED) is 0.120. The molecule has 2 amide bonds. The molecule has 10 atom stereocenters. The number of nitrogens with one attached hydrogen (secondary N) is 2. The Bertz CT molecular complexity index is 2230. The van der Waals surface area contributed by atoms with E-state index in [0.717, 1.165) is 11.1 Å². The largest absolute Gasteiger partial charge is 0.462 e. The van der Waals surface area contributed by atoms with Crippen molar-refractivity contribution in [2.75, 3.05) is 13.2 Å². The SMILES string of the molecule is C[C@H](O)[C@@H](NC(=O)[C@@]12C[C@H]3OC(=O)[C@@H]1N(Cc1cccc(C=CC(=O)O[C@H]4C(=O)OCC4(C)C)c1)O[C@@H]2[C@H]1OC2(Cc4ccccc4C2)O[C@H]13)C(=O)N[C@H](CO)CCC(=O)OC(C)(C)C. The Labute approximate surface area is 376 Å². The molecule has 1 saturated carbocycles. The summed E-state index contributed by atoms with van der Waals surface area (Å²) < 4.78 is 35.5. The van der Waals surface area contributed by atoms with Gasteiger partial charge in [0.05, 0.1) is 25.3 Å². The minimum Gasteiger partial charge on any atom is -0.462 e. The van der Waals surface area contributed by atoms with Crippen LogP contribution in [-0.2, 0) is 81.4 Å². The van der Waals surface area contributed by atoms with Gasteiger partial charge in [0.15, 0.2) is 11.8 Å². The van der Waals surface area contributed by atoms with Crippen molar-refractivity contribution in [1.29, 1.82) is 0 Å². The van der Waals surface area contributed by atoms with Gasteiger partial charge in [0, 0.05) is 37.2 Å². The average molecular weight is 904 g/mol. The Kier molecular flexibility index (Phi) is 12.5. The first kappa shape index (κ1) is 46.3. The molecule has 18 heteroatoms. The standard InChI is InChI=1S/C47H57N3O15/c1-25(52)34(40(55)48-30(23-51)15-17-33(54)62-44(2,3)4)49-43(58)47-21-31-35-36(64-46(63-35)19-28-12-7-8-13-29(28)20-46)38(47)65-50(37(47)41(56)60-31)22-27-11-9-10-26(18-27)14-16-32(53)61-39-42(57)59-24-45(39,5)6/h7-14,16,18,25,30-31,34-39,51-52H,15,17,19-24H2,1-6H3,(H,48,55)(H,49,58)/t25-,30-,31+,34+,35-,36-,37-,38+,39-,47-/m0/s1. The normalized spacial score (nSPS) is 29.6. The van der Waals surface area contributed by atoms with E-state index in [-0.39, 0.29) is 32.4 Å². The van der Waals surface area contributed by atoms with Crippen LogP contribution in [0.1, 0.15) is 83.1 Å². The number of hydrogen-bond donors (Lipinski definition) is 4. The smallest absolute Gasteiger partial charge is 0.348 e. The molecule has 4 N–H and O–H groups in total. The zero-order valence-electron chi connectivity index (χ0n) is 37.3. The molecule has 4 aliphatic heterocycles. The second kappa shape index (κ2) is 17.5. The molecule has 2 aliphatic carbocycles. The number of benzene rings is 2. The second-order valence-corrected chi connectivity index (χ2v) is 19.6. The fourth-order valence-corrected chi connectivity index (χ4v) is 9.85. The van der Waals surface area contributed by atoms with Gasteiger partial charge in [-0.15, -0.1) is 0 Å². The molecular weight excluding hydrogens is 847 g/mol. The molecule has 0 aromatic heterocycles. The summed E-state index contributed by atoms with van der Waals surface area (Å²) in [4.78, 5) is 87.4.